The van der Waals surface area contributed by atoms with Crippen molar-refractivity contribution in [3.8, 4) is 0 Å². The fourth-order valence-electron chi connectivity index (χ4n) is 3.10. The van der Waals surface area contributed by atoms with Crippen LogP contribution in [0.3, 0.4) is 0 Å². The molecule has 0 N–H and O–H groups in total. The Bertz CT molecular complexity index is 746. The molecule has 1 saturated heterocycles. The number of carbonyl (C=O) groups is 2. The summed E-state index contributed by atoms with van der Waals surface area (Å²) in [4.78, 5) is 26.6. The van der Waals surface area contributed by atoms with E-state index in [0.717, 1.165) is 11.1 Å². The normalized spacial score (nSPS) is 15.3. The smallest absolute Gasteiger partial charge is 0.256 e. The molecule has 4 heteroatoms. The molecule has 1 fully saturated rings. The van der Waals surface area contributed by atoms with Crippen molar-refractivity contribution in [3.05, 3.63) is 71.0 Å². The number of carbonyl (C=O) groups excluding carboxylic acids is 2. The predicted octanol–water partition coefficient (Wildman–Crippen LogP) is 3.87. The van der Waals surface area contributed by atoms with Crippen LogP contribution in [0.15, 0.2) is 48.5 Å². The highest BCUT2D eigenvalue weighted by Gasteiger charge is 2.29. The third kappa shape index (κ3) is 3.37. The van der Waals surface area contributed by atoms with Crippen LogP contribution in [0.1, 0.15) is 39.1 Å². The van der Waals surface area contributed by atoms with Crippen molar-refractivity contribution in [2.24, 2.45) is 5.92 Å². The predicted molar refractivity (Wildman–Crippen MR) is 90.5 cm³/mol. The maximum Gasteiger partial charge on any atom is 0.256 e. The Morgan fingerprint density at radius 2 is 1.62 bits per heavy atom. The van der Waals surface area contributed by atoms with Gasteiger partial charge < -0.3 is 4.90 Å². The first-order valence-corrected chi connectivity index (χ1v) is 8.21. The summed E-state index contributed by atoms with van der Waals surface area (Å²) in [6.45, 7) is 2.95. The maximum atomic E-state index is 13.8. The van der Waals surface area contributed by atoms with Gasteiger partial charge in [0.2, 0.25) is 0 Å². The lowest BCUT2D eigenvalue weighted by atomic mass is 9.88. The van der Waals surface area contributed by atoms with Crippen LogP contribution >= 0.6 is 0 Å². The van der Waals surface area contributed by atoms with Gasteiger partial charge in [0.15, 0.2) is 5.78 Å². The molecule has 2 aromatic rings. The molecular formula is C20H20FNO2. The third-order valence-electron chi connectivity index (χ3n) is 4.59. The molecule has 0 spiro atoms. The van der Waals surface area contributed by atoms with Gasteiger partial charge in [0.05, 0.1) is 5.56 Å². The van der Waals surface area contributed by atoms with Gasteiger partial charge in [0.1, 0.15) is 5.82 Å². The fourth-order valence-corrected chi connectivity index (χ4v) is 3.10. The molecular weight excluding hydrogens is 305 g/mol. The number of amides is 1. The molecule has 0 radical (unpaired) electrons. The van der Waals surface area contributed by atoms with Crippen LogP contribution in [0.25, 0.3) is 0 Å². The highest BCUT2D eigenvalue weighted by Crippen LogP contribution is 2.23. The van der Waals surface area contributed by atoms with Crippen LogP contribution < -0.4 is 0 Å². The molecule has 0 bridgehead atoms. The van der Waals surface area contributed by atoms with E-state index in [4.69, 9.17) is 0 Å². The number of hydrogen-bond acceptors (Lipinski definition) is 2. The van der Waals surface area contributed by atoms with Crippen molar-refractivity contribution >= 4 is 11.7 Å². The van der Waals surface area contributed by atoms with E-state index in [2.05, 4.69) is 0 Å². The zero-order valence-corrected chi connectivity index (χ0v) is 13.7. The summed E-state index contributed by atoms with van der Waals surface area (Å²) in [5.74, 6) is -0.736. The van der Waals surface area contributed by atoms with E-state index in [-0.39, 0.29) is 23.2 Å². The molecule has 1 aliphatic rings. The quantitative estimate of drug-likeness (QED) is 0.803. The number of benzene rings is 2. The van der Waals surface area contributed by atoms with E-state index in [0.29, 0.717) is 25.9 Å². The maximum absolute atomic E-state index is 13.8. The van der Waals surface area contributed by atoms with E-state index in [9.17, 15) is 14.0 Å². The topological polar surface area (TPSA) is 37.4 Å². The second-order valence-electron chi connectivity index (χ2n) is 6.28. The van der Waals surface area contributed by atoms with Crippen LogP contribution in [0.5, 0.6) is 0 Å². The van der Waals surface area contributed by atoms with Crippen LogP contribution in [-0.4, -0.2) is 29.7 Å². The molecule has 3 rings (SSSR count). The number of piperidine rings is 1. The molecule has 0 aromatic heterocycles. The first-order valence-electron chi connectivity index (χ1n) is 8.21. The van der Waals surface area contributed by atoms with Gasteiger partial charge in [-0.15, -0.1) is 0 Å². The van der Waals surface area contributed by atoms with Crippen molar-refractivity contribution in [2.75, 3.05) is 13.1 Å². The van der Waals surface area contributed by atoms with E-state index >= 15 is 0 Å². The number of hydrogen-bond donors (Lipinski definition) is 0. The van der Waals surface area contributed by atoms with Gasteiger partial charge in [-0.25, -0.2) is 4.39 Å². The van der Waals surface area contributed by atoms with Crippen LogP contribution in [0.2, 0.25) is 0 Å². The Hall–Kier alpha value is -2.49. The minimum Gasteiger partial charge on any atom is -0.339 e. The summed E-state index contributed by atoms with van der Waals surface area (Å²) in [5.41, 5.74) is 1.94. The van der Waals surface area contributed by atoms with Crippen molar-refractivity contribution in [2.45, 2.75) is 19.8 Å². The average molecular weight is 325 g/mol. The molecule has 124 valence electrons. The zero-order valence-electron chi connectivity index (χ0n) is 13.7. The standard InChI is InChI=1S/C20H20FNO2/c1-14-6-8-15(9-7-14)19(23)16-10-12-22(13-11-16)20(24)17-4-2-3-5-18(17)21/h2-9,16H,10-13H2,1H3. The van der Waals surface area contributed by atoms with E-state index in [1.165, 1.54) is 12.1 Å². The lowest BCUT2D eigenvalue weighted by molar-refractivity contribution is 0.0646. The zero-order chi connectivity index (χ0) is 17.1. The van der Waals surface area contributed by atoms with Crippen molar-refractivity contribution in [3.63, 3.8) is 0 Å². The number of nitrogens with zero attached hydrogens (tertiary/aromatic N) is 1. The second-order valence-corrected chi connectivity index (χ2v) is 6.28. The molecule has 0 atom stereocenters. The molecule has 24 heavy (non-hydrogen) atoms. The summed E-state index contributed by atoms with van der Waals surface area (Å²) >= 11 is 0. The Kier molecular flexibility index (Phi) is 4.74. The second kappa shape index (κ2) is 6.95. The molecule has 3 nitrogen and oxygen atoms in total. The Balaban J connectivity index is 1.63. The Morgan fingerprint density at radius 1 is 1.00 bits per heavy atom. The van der Waals surface area contributed by atoms with E-state index in [1.807, 2.05) is 31.2 Å². The summed E-state index contributed by atoms with van der Waals surface area (Å²) in [6, 6.07) is 13.6. The van der Waals surface area contributed by atoms with Crippen LogP contribution in [0.4, 0.5) is 4.39 Å². The van der Waals surface area contributed by atoms with E-state index < -0.39 is 5.82 Å². The molecule has 0 saturated carbocycles. The summed E-state index contributed by atoms with van der Waals surface area (Å²) in [6.07, 6.45) is 1.24. The molecule has 0 unspecified atom stereocenters. The monoisotopic (exact) mass is 325 g/mol. The van der Waals surface area contributed by atoms with Gasteiger partial charge in [-0.05, 0) is 31.9 Å². The molecule has 1 amide bonds. The summed E-state index contributed by atoms with van der Waals surface area (Å²) < 4.78 is 13.8. The molecule has 1 heterocycles. The van der Waals surface area contributed by atoms with Gasteiger partial charge >= 0.3 is 0 Å². The van der Waals surface area contributed by atoms with Crippen molar-refractivity contribution in [1.29, 1.82) is 0 Å². The fraction of sp³-hybridized carbons (Fsp3) is 0.300. The average Bonchev–Trinajstić information content (AvgIpc) is 2.62. The van der Waals surface area contributed by atoms with Gasteiger partial charge in [-0.1, -0.05) is 42.0 Å². The largest absolute Gasteiger partial charge is 0.339 e. The number of likely N-dealkylation sites (tertiary alicyclic amines) is 1. The third-order valence-corrected chi connectivity index (χ3v) is 4.59. The molecule has 1 aliphatic heterocycles. The highest BCUT2D eigenvalue weighted by atomic mass is 19.1. The summed E-state index contributed by atoms with van der Waals surface area (Å²) in [5, 5.41) is 0. The minimum atomic E-state index is -0.500. The van der Waals surface area contributed by atoms with Crippen LogP contribution in [0, 0.1) is 18.7 Å². The van der Waals surface area contributed by atoms with Gasteiger partial charge in [-0.3, -0.25) is 9.59 Å². The molecule has 0 aliphatic carbocycles. The number of halogens is 1. The lowest BCUT2D eigenvalue weighted by Gasteiger charge is -2.31. The number of aryl methyl sites for hydroxylation is 1. The van der Waals surface area contributed by atoms with Crippen molar-refractivity contribution in [1.82, 2.24) is 4.90 Å². The van der Waals surface area contributed by atoms with Crippen molar-refractivity contribution < 1.29 is 14.0 Å². The first kappa shape index (κ1) is 16.4. The highest BCUT2D eigenvalue weighted by molar-refractivity contribution is 5.98. The minimum absolute atomic E-state index is 0.0719. The van der Waals surface area contributed by atoms with Crippen LogP contribution in [-0.2, 0) is 0 Å². The molecule has 2 aromatic carbocycles. The number of ketones is 1. The first-order chi connectivity index (χ1) is 11.6. The number of Topliss-reactive ketones (excluding diaryl/α,β-unsaturated/α-hetero) is 1. The van der Waals surface area contributed by atoms with E-state index in [1.54, 1.807) is 17.0 Å². The lowest BCUT2D eigenvalue weighted by Crippen LogP contribution is -2.40. The Morgan fingerprint density at radius 3 is 2.25 bits per heavy atom. The van der Waals surface area contributed by atoms with Gasteiger partial charge in [0, 0.05) is 24.6 Å². The number of rotatable bonds is 3. The van der Waals surface area contributed by atoms with Gasteiger partial charge in [0.25, 0.3) is 5.91 Å². The van der Waals surface area contributed by atoms with Gasteiger partial charge in [-0.2, -0.15) is 0 Å². The SMILES string of the molecule is Cc1ccc(C(=O)C2CCN(C(=O)c3ccccc3F)CC2)cc1. The summed E-state index contributed by atoms with van der Waals surface area (Å²) in [7, 11) is 0. The Labute approximate surface area is 141 Å².